The van der Waals surface area contributed by atoms with Crippen molar-refractivity contribution < 1.29 is 9.21 Å². The summed E-state index contributed by atoms with van der Waals surface area (Å²) in [6, 6.07) is 7.10. The number of furan rings is 1. The average Bonchev–Trinajstić information content (AvgIpc) is 2.82. The molecule has 2 rings (SSSR count). The summed E-state index contributed by atoms with van der Waals surface area (Å²) in [6.45, 7) is 1.96. The molecule has 0 saturated heterocycles. The number of nitrogens with zero attached hydrogens (tertiary/aromatic N) is 1. The van der Waals surface area contributed by atoms with Gasteiger partial charge in [0.1, 0.15) is 11.5 Å². The predicted octanol–water partition coefficient (Wildman–Crippen LogP) is 1.95. The summed E-state index contributed by atoms with van der Waals surface area (Å²) in [4.78, 5) is 14.9. The minimum Gasteiger partial charge on any atom is -0.467 e. The summed E-state index contributed by atoms with van der Waals surface area (Å²) >= 11 is 0. The first-order chi connectivity index (χ1) is 8.16. The van der Waals surface area contributed by atoms with Gasteiger partial charge in [-0.3, -0.25) is 9.78 Å². The van der Waals surface area contributed by atoms with Gasteiger partial charge in [-0.05, 0) is 31.2 Å². The summed E-state index contributed by atoms with van der Waals surface area (Å²) in [6.07, 6.45) is 3.16. The van der Waals surface area contributed by atoms with Crippen molar-refractivity contribution in [3.05, 3.63) is 48.2 Å². The fourth-order valence-electron chi connectivity index (χ4n) is 1.51. The van der Waals surface area contributed by atoms with Crippen molar-refractivity contribution in [1.82, 2.24) is 4.98 Å². The Bertz CT molecular complexity index is 508. The van der Waals surface area contributed by atoms with Gasteiger partial charge >= 0.3 is 0 Å². The number of rotatable bonds is 4. The molecule has 2 heterocycles. The van der Waals surface area contributed by atoms with Crippen molar-refractivity contribution in [3.8, 4) is 0 Å². The normalized spacial score (nSPS) is 12.1. The molecule has 0 aliphatic carbocycles. The fraction of sp³-hybridized carbons (Fsp3) is 0.167. The molecule has 0 spiro atoms. The molecule has 0 aromatic carbocycles. The Morgan fingerprint density at radius 1 is 1.53 bits per heavy atom. The summed E-state index contributed by atoms with van der Waals surface area (Å²) in [5.41, 5.74) is 6.17. The molecule has 2 aromatic rings. The van der Waals surface area contributed by atoms with E-state index in [1.165, 1.54) is 6.20 Å². The zero-order valence-corrected chi connectivity index (χ0v) is 9.38. The second-order valence-electron chi connectivity index (χ2n) is 3.68. The molecule has 0 aliphatic rings. The number of pyridine rings is 1. The summed E-state index contributed by atoms with van der Waals surface area (Å²) in [5.74, 6) is 0.279. The predicted molar refractivity (Wildman–Crippen MR) is 63.5 cm³/mol. The lowest BCUT2D eigenvalue weighted by Crippen LogP contribution is -2.14. The highest BCUT2D eigenvalue weighted by Gasteiger charge is 2.09. The van der Waals surface area contributed by atoms with Crippen LogP contribution >= 0.6 is 0 Å². The van der Waals surface area contributed by atoms with E-state index in [0.29, 0.717) is 0 Å². The van der Waals surface area contributed by atoms with Crippen LogP contribution < -0.4 is 11.1 Å². The molecule has 0 aliphatic heterocycles. The van der Waals surface area contributed by atoms with E-state index in [-0.39, 0.29) is 11.7 Å². The summed E-state index contributed by atoms with van der Waals surface area (Å²) in [7, 11) is 0. The van der Waals surface area contributed by atoms with Crippen LogP contribution in [-0.4, -0.2) is 10.9 Å². The third-order valence-electron chi connectivity index (χ3n) is 2.37. The number of nitrogens with one attached hydrogen (secondary N) is 1. The first kappa shape index (κ1) is 11.2. The number of hydrogen-bond acceptors (Lipinski definition) is 4. The topological polar surface area (TPSA) is 81.1 Å². The smallest absolute Gasteiger partial charge is 0.267 e. The second kappa shape index (κ2) is 4.69. The molecule has 0 fully saturated rings. The molecular weight excluding hydrogens is 218 g/mol. The van der Waals surface area contributed by atoms with Crippen LogP contribution in [0.15, 0.2) is 41.1 Å². The van der Waals surface area contributed by atoms with Crippen molar-refractivity contribution >= 4 is 11.6 Å². The van der Waals surface area contributed by atoms with Crippen LogP contribution in [0.25, 0.3) is 0 Å². The van der Waals surface area contributed by atoms with E-state index in [9.17, 15) is 4.79 Å². The van der Waals surface area contributed by atoms with Crippen molar-refractivity contribution in [2.75, 3.05) is 5.32 Å². The average molecular weight is 231 g/mol. The highest BCUT2D eigenvalue weighted by Crippen LogP contribution is 2.19. The quantitative estimate of drug-likeness (QED) is 0.842. The number of anilines is 1. The third-order valence-corrected chi connectivity index (χ3v) is 2.37. The van der Waals surface area contributed by atoms with E-state index in [2.05, 4.69) is 10.3 Å². The molecule has 1 unspecified atom stereocenters. The Balaban J connectivity index is 2.13. The number of primary amides is 1. The monoisotopic (exact) mass is 231 g/mol. The Hall–Kier alpha value is -2.30. The molecule has 0 saturated carbocycles. The number of aromatic nitrogens is 1. The third kappa shape index (κ3) is 2.63. The van der Waals surface area contributed by atoms with Gasteiger partial charge in [0, 0.05) is 11.9 Å². The second-order valence-corrected chi connectivity index (χ2v) is 3.68. The lowest BCUT2D eigenvalue weighted by Gasteiger charge is -2.12. The number of carbonyl (C=O) groups is 1. The molecule has 5 heteroatoms. The van der Waals surface area contributed by atoms with Gasteiger partial charge in [0.25, 0.3) is 5.91 Å². The Labute approximate surface area is 98.6 Å². The zero-order chi connectivity index (χ0) is 12.3. The van der Waals surface area contributed by atoms with Crippen LogP contribution in [0, 0.1) is 0 Å². The molecular formula is C12H13N3O2. The van der Waals surface area contributed by atoms with Gasteiger partial charge in [-0.25, -0.2) is 0 Å². The van der Waals surface area contributed by atoms with Gasteiger partial charge in [-0.15, -0.1) is 0 Å². The zero-order valence-electron chi connectivity index (χ0n) is 9.38. The van der Waals surface area contributed by atoms with E-state index in [4.69, 9.17) is 10.2 Å². The van der Waals surface area contributed by atoms with Gasteiger partial charge in [0.2, 0.25) is 0 Å². The largest absolute Gasteiger partial charge is 0.467 e. The lowest BCUT2D eigenvalue weighted by molar-refractivity contribution is 0.0995. The highest BCUT2D eigenvalue weighted by atomic mass is 16.3. The maximum absolute atomic E-state index is 11.0. The first-order valence-electron chi connectivity index (χ1n) is 5.22. The van der Waals surface area contributed by atoms with Crippen LogP contribution in [0.2, 0.25) is 0 Å². The van der Waals surface area contributed by atoms with Crippen molar-refractivity contribution in [3.63, 3.8) is 0 Å². The van der Waals surface area contributed by atoms with Gasteiger partial charge in [-0.1, -0.05) is 0 Å². The van der Waals surface area contributed by atoms with E-state index < -0.39 is 5.91 Å². The Morgan fingerprint density at radius 2 is 2.35 bits per heavy atom. The van der Waals surface area contributed by atoms with Crippen LogP contribution in [0.3, 0.4) is 0 Å². The molecule has 3 N–H and O–H groups in total. The van der Waals surface area contributed by atoms with Gasteiger partial charge < -0.3 is 15.5 Å². The van der Waals surface area contributed by atoms with Crippen LogP contribution in [-0.2, 0) is 0 Å². The van der Waals surface area contributed by atoms with E-state index in [1.807, 2.05) is 19.1 Å². The first-order valence-corrected chi connectivity index (χ1v) is 5.22. The van der Waals surface area contributed by atoms with Crippen molar-refractivity contribution in [2.45, 2.75) is 13.0 Å². The minimum absolute atomic E-state index is 0.00752. The molecule has 1 amide bonds. The SMILES string of the molecule is CC(Nc1ccnc(C(N)=O)c1)c1ccco1. The standard InChI is InChI=1S/C12H13N3O2/c1-8(11-3-2-6-17-11)15-9-4-5-14-10(7-9)12(13)16/h2-8H,1H3,(H2,13,16)(H,14,15). The van der Waals surface area contributed by atoms with E-state index >= 15 is 0 Å². The molecule has 2 aromatic heterocycles. The van der Waals surface area contributed by atoms with E-state index in [1.54, 1.807) is 18.4 Å². The summed E-state index contributed by atoms with van der Waals surface area (Å²) in [5, 5.41) is 3.20. The number of amides is 1. The molecule has 17 heavy (non-hydrogen) atoms. The van der Waals surface area contributed by atoms with Crippen LogP contribution in [0.4, 0.5) is 5.69 Å². The van der Waals surface area contributed by atoms with Crippen LogP contribution in [0.5, 0.6) is 0 Å². The highest BCUT2D eigenvalue weighted by molar-refractivity contribution is 5.91. The molecule has 1 atom stereocenters. The molecule has 0 bridgehead atoms. The van der Waals surface area contributed by atoms with E-state index in [0.717, 1.165) is 11.4 Å². The van der Waals surface area contributed by atoms with Crippen molar-refractivity contribution in [1.29, 1.82) is 0 Å². The maximum atomic E-state index is 11.0. The Morgan fingerprint density at radius 3 is 3.00 bits per heavy atom. The van der Waals surface area contributed by atoms with Gasteiger partial charge in [0.05, 0.1) is 12.3 Å². The summed E-state index contributed by atoms with van der Waals surface area (Å²) < 4.78 is 5.28. The van der Waals surface area contributed by atoms with Gasteiger partial charge in [0.15, 0.2) is 0 Å². The lowest BCUT2D eigenvalue weighted by atomic mass is 10.2. The molecule has 0 radical (unpaired) electrons. The van der Waals surface area contributed by atoms with Crippen molar-refractivity contribution in [2.24, 2.45) is 5.73 Å². The number of carbonyl (C=O) groups excluding carboxylic acids is 1. The number of nitrogens with two attached hydrogens (primary N) is 1. The Kier molecular flexibility index (Phi) is 3.09. The molecule has 5 nitrogen and oxygen atoms in total. The maximum Gasteiger partial charge on any atom is 0.267 e. The minimum atomic E-state index is -0.542. The van der Waals surface area contributed by atoms with Gasteiger partial charge in [-0.2, -0.15) is 0 Å². The molecule has 88 valence electrons. The number of hydrogen-bond donors (Lipinski definition) is 2. The van der Waals surface area contributed by atoms with Crippen LogP contribution in [0.1, 0.15) is 29.2 Å². The fourth-order valence-corrected chi connectivity index (χ4v) is 1.51.